The molecule has 0 fully saturated rings. The van der Waals surface area contributed by atoms with Crippen molar-refractivity contribution in [3.63, 3.8) is 0 Å². The van der Waals surface area contributed by atoms with E-state index in [0.717, 1.165) is 55.1 Å². The van der Waals surface area contributed by atoms with Crippen molar-refractivity contribution in [2.24, 2.45) is 0 Å². The van der Waals surface area contributed by atoms with Gasteiger partial charge in [0.25, 0.3) is 0 Å². The van der Waals surface area contributed by atoms with Gasteiger partial charge in [0, 0.05) is 11.4 Å². The van der Waals surface area contributed by atoms with Gasteiger partial charge in [-0.3, -0.25) is 0 Å². The first-order valence-electron chi connectivity index (χ1n) is 11.4. The van der Waals surface area contributed by atoms with E-state index in [9.17, 15) is 0 Å². The van der Waals surface area contributed by atoms with Gasteiger partial charge in [0.1, 0.15) is 0 Å². The SMILES string of the molecule is C=C(NC(=C)C1=CCC(C)(C2=CCCC=C2)N1)NC1=CC=C(CCCCCC)NC1. The fourth-order valence-corrected chi connectivity index (χ4v) is 4.12. The molecule has 0 radical (unpaired) electrons. The molecule has 2 aliphatic heterocycles. The molecule has 0 aromatic rings. The highest BCUT2D eigenvalue weighted by Crippen LogP contribution is 2.32. The minimum atomic E-state index is -0.0558. The molecule has 1 aliphatic carbocycles. The Balaban J connectivity index is 1.45. The third-order valence-corrected chi connectivity index (χ3v) is 5.99. The Morgan fingerprint density at radius 1 is 1.13 bits per heavy atom. The normalized spacial score (nSPS) is 22.7. The van der Waals surface area contributed by atoms with Crippen LogP contribution in [0.1, 0.15) is 65.2 Å². The minimum absolute atomic E-state index is 0.0558. The van der Waals surface area contributed by atoms with Gasteiger partial charge in [-0.25, -0.2) is 0 Å². The Morgan fingerprint density at radius 3 is 2.70 bits per heavy atom. The summed E-state index contributed by atoms with van der Waals surface area (Å²) < 4.78 is 0. The van der Waals surface area contributed by atoms with Gasteiger partial charge < -0.3 is 21.3 Å². The van der Waals surface area contributed by atoms with E-state index in [1.165, 1.54) is 37.0 Å². The lowest BCUT2D eigenvalue weighted by atomic mass is 9.87. The van der Waals surface area contributed by atoms with Crippen LogP contribution in [0, 0.1) is 0 Å². The van der Waals surface area contributed by atoms with Crippen LogP contribution in [0.25, 0.3) is 0 Å². The number of rotatable bonds is 11. The van der Waals surface area contributed by atoms with Gasteiger partial charge in [-0.15, -0.1) is 0 Å². The third kappa shape index (κ3) is 5.94. The molecular formula is C26H38N4. The van der Waals surface area contributed by atoms with E-state index in [-0.39, 0.29) is 5.54 Å². The summed E-state index contributed by atoms with van der Waals surface area (Å²) in [7, 11) is 0. The molecule has 0 aromatic carbocycles. The highest BCUT2D eigenvalue weighted by atomic mass is 15.1. The second kappa shape index (κ2) is 10.4. The summed E-state index contributed by atoms with van der Waals surface area (Å²) in [5.41, 5.74) is 5.62. The summed E-state index contributed by atoms with van der Waals surface area (Å²) in [6, 6.07) is 0. The molecule has 3 rings (SSSR count). The van der Waals surface area contributed by atoms with Crippen LogP contribution in [0.2, 0.25) is 0 Å². The molecule has 2 heterocycles. The van der Waals surface area contributed by atoms with E-state index in [1.807, 2.05) is 0 Å². The van der Waals surface area contributed by atoms with E-state index in [1.54, 1.807) is 0 Å². The first-order valence-corrected chi connectivity index (χ1v) is 11.4. The molecule has 0 saturated heterocycles. The molecule has 1 atom stereocenters. The number of hydrogen-bond acceptors (Lipinski definition) is 4. The smallest absolute Gasteiger partial charge is 0.1000 e. The molecule has 4 N–H and O–H groups in total. The molecule has 0 aromatic heterocycles. The van der Waals surface area contributed by atoms with Crippen LogP contribution < -0.4 is 21.3 Å². The fraction of sp³-hybridized carbons (Fsp3) is 0.462. The second-order valence-electron chi connectivity index (χ2n) is 8.67. The topological polar surface area (TPSA) is 48.1 Å². The van der Waals surface area contributed by atoms with Crippen molar-refractivity contribution < 1.29 is 0 Å². The summed E-state index contributed by atoms with van der Waals surface area (Å²) >= 11 is 0. The van der Waals surface area contributed by atoms with E-state index in [4.69, 9.17) is 0 Å². The minimum Gasteiger partial charge on any atom is -0.383 e. The molecule has 0 bridgehead atoms. The molecule has 3 aliphatic rings. The molecule has 0 amide bonds. The molecular weight excluding hydrogens is 368 g/mol. The lowest BCUT2D eigenvalue weighted by molar-refractivity contribution is 0.501. The van der Waals surface area contributed by atoms with Crippen LogP contribution in [-0.4, -0.2) is 12.1 Å². The molecule has 4 nitrogen and oxygen atoms in total. The van der Waals surface area contributed by atoms with Crippen molar-refractivity contribution in [1.82, 2.24) is 21.3 Å². The van der Waals surface area contributed by atoms with Crippen molar-refractivity contribution in [2.75, 3.05) is 6.54 Å². The molecule has 162 valence electrons. The standard InChI is InChI=1S/C26H38N4/c1-5-6-7-11-14-23-15-16-24(19-27-23)29-21(3)28-20(2)25-17-18-26(4,30-25)22-12-9-8-10-13-22/h9,12-13,15-17,27-30H,2-3,5-8,10-11,14,18-19H2,1,4H3. The number of allylic oxidation sites excluding steroid dienone is 5. The number of dihydropyridines is 1. The maximum Gasteiger partial charge on any atom is 0.1000 e. The average Bonchev–Trinajstić information content (AvgIpc) is 3.17. The average molecular weight is 407 g/mol. The molecule has 0 spiro atoms. The van der Waals surface area contributed by atoms with Crippen molar-refractivity contribution >= 4 is 0 Å². The van der Waals surface area contributed by atoms with E-state index < -0.39 is 0 Å². The fourth-order valence-electron chi connectivity index (χ4n) is 4.12. The van der Waals surface area contributed by atoms with Gasteiger partial charge in [0.2, 0.25) is 0 Å². The first-order chi connectivity index (χ1) is 14.5. The van der Waals surface area contributed by atoms with Gasteiger partial charge in [0.05, 0.1) is 29.3 Å². The summed E-state index contributed by atoms with van der Waals surface area (Å²) in [5, 5.41) is 13.8. The van der Waals surface area contributed by atoms with Crippen LogP contribution in [0.3, 0.4) is 0 Å². The maximum absolute atomic E-state index is 4.21. The number of nitrogens with one attached hydrogen (secondary N) is 4. The Labute approximate surface area is 182 Å². The Morgan fingerprint density at radius 2 is 2.00 bits per heavy atom. The maximum atomic E-state index is 4.21. The largest absolute Gasteiger partial charge is 0.383 e. The van der Waals surface area contributed by atoms with Gasteiger partial charge in [-0.05, 0) is 56.8 Å². The first kappa shape index (κ1) is 22.1. The predicted molar refractivity (Wildman–Crippen MR) is 128 cm³/mol. The predicted octanol–water partition coefficient (Wildman–Crippen LogP) is 5.40. The van der Waals surface area contributed by atoms with E-state index in [0.29, 0.717) is 0 Å². The van der Waals surface area contributed by atoms with Gasteiger partial charge >= 0.3 is 0 Å². The van der Waals surface area contributed by atoms with Crippen LogP contribution in [-0.2, 0) is 0 Å². The summed E-state index contributed by atoms with van der Waals surface area (Å²) in [6.07, 6.45) is 22.9. The third-order valence-electron chi connectivity index (χ3n) is 5.99. The lowest BCUT2D eigenvalue weighted by Gasteiger charge is -2.30. The zero-order valence-electron chi connectivity index (χ0n) is 18.7. The quantitative estimate of drug-likeness (QED) is 0.347. The van der Waals surface area contributed by atoms with Crippen molar-refractivity contribution in [1.29, 1.82) is 0 Å². The van der Waals surface area contributed by atoms with Crippen LogP contribution >= 0.6 is 0 Å². The molecule has 1 unspecified atom stereocenters. The highest BCUT2D eigenvalue weighted by molar-refractivity contribution is 5.42. The van der Waals surface area contributed by atoms with Gasteiger partial charge in [-0.2, -0.15) is 0 Å². The van der Waals surface area contributed by atoms with Gasteiger partial charge in [0.15, 0.2) is 0 Å². The van der Waals surface area contributed by atoms with Crippen LogP contribution in [0.15, 0.2) is 83.8 Å². The molecule has 30 heavy (non-hydrogen) atoms. The highest BCUT2D eigenvalue weighted by Gasteiger charge is 2.32. The zero-order valence-corrected chi connectivity index (χ0v) is 18.7. The number of unbranched alkanes of at least 4 members (excludes halogenated alkanes) is 3. The Kier molecular flexibility index (Phi) is 7.67. The molecule has 4 heteroatoms. The second-order valence-corrected chi connectivity index (χ2v) is 8.67. The summed E-state index contributed by atoms with van der Waals surface area (Å²) in [4.78, 5) is 0. The Hall–Kier alpha value is -2.62. The monoisotopic (exact) mass is 406 g/mol. The lowest BCUT2D eigenvalue weighted by Crippen LogP contribution is -2.40. The van der Waals surface area contributed by atoms with Crippen LogP contribution in [0.4, 0.5) is 0 Å². The van der Waals surface area contributed by atoms with Crippen molar-refractivity contribution in [3.05, 3.63) is 83.8 Å². The summed E-state index contributed by atoms with van der Waals surface area (Å²) in [5.74, 6) is 0.737. The summed E-state index contributed by atoms with van der Waals surface area (Å²) in [6.45, 7) is 13.6. The van der Waals surface area contributed by atoms with E-state index >= 15 is 0 Å². The van der Waals surface area contributed by atoms with Crippen molar-refractivity contribution in [3.8, 4) is 0 Å². The van der Waals surface area contributed by atoms with Crippen LogP contribution in [0.5, 0.6) is 0 Å². The van der Waals surface area contributed by atoms with E-state index in [2.05, 4.69) is 84.7 Å². The molecule has 0 saturated carbocycles. The van der Waals surface area contributed by atoms with Gasteiger partial charge in [-0.1, -0.05) is 63.6 Å². The zero-order chi connectivity index (χ0) is 21.4. The Bertz CT molecular complexity index is 809. The number of hydrogen-bond donors (Lipinski definition) is 4. The van der Waals surface area contributed by atoms with Crippen molar-refractivity contribution in [2.45, 2.75) is 70.8 Å².